The van der Waals surface area contributed by atoms with E-state index in [0.29, 0.717) is 6.04 Å². The topological polar surface area (TPSA) is 12.0 Å². The van der Waals surface area contributed by atoms with E-state index in [1.54, 1.807) is 5.57 Å². The van der Waals surface area contributed by atoms with E-state index in [2.05, 4.69) is 39.1 Å². The Balaban J connectivity index is 2.38. The Labute approximate surface area is 102 Å². The van der Waals surface area contributed by atoms with Crippen molar-refractivity contribution in [3.05, 3.63) is 11.6 Å². The van der Waals surface area contributed by atoms with Crippen LogP contribution in [0.1, 0.15) is 59.8 Å². The lowest BCUT2D eigenvalue weighted by molar-refractivity contribution is 0.329. The van der Waals surface area contributed by atoms with Crippen LogP contribution in [0.25, 0.3) is 0 Å². The number of rotatable bonds is 5. The van der Waals surface area contributed by atoms with Crippen LogP contribution >= 0.6 is 0 Å². The van der Waals surface area contributed by atoms with Gasteiger partial charge in [-0.05, 0) is 31.1 Å². The molecule has 1 aliphatic rings. The summed E-state index contributed by atoms with van der Waals surface area (Å²) in [6, 6.07) is 0.598. The van der Waals surface area contributed by atoms with E-state index in [4.69, 9.17) is 0 Å². The minimum Gasteiger partial charge on any atom is -0.311 e. The van der Waals surface area contributed by atoms with Gasteiger partial charge in [-0.25, -0.2) is 0 Å². The molecule has 1 heteroatoms. The monoisotopic (exact) mass is 223 g/mol. The van der Waals surface area contributed by atoms with Crippen molar-refractivity contribution >= 4 is 0 Å². The van der Waals surface area contributed by atoms with Gasteiger partial charge < -0.3 is 5.32 Å². The van der Waals surface area contributed by atoms with Crippen LogP contribution in [0.15, 0.2) is 11.6 Å². The Kier molecular flexibility index (Phi) is 6.12. The first-order valence-corrected chi connectivity index (χ1v) is 7.04. The third-order valence-corrected chi connectivity index (χ3v) is 3.72. The maximum absolute atomic E-state index is 3.53. The molecule has 0 atom stereocenters. The molecule has 1 aliphatic carbocycles. The highest BCUT2D eigenvalue weighted by atomic mass is 14.9. The Hall–Kier alpha value is -0.300. The van der Waals surface area contributed by atoms with Crippen LogP contribution < -0.4 is 5.32 Å². The van der Waals surface area contributed by atoms with Gasteiger partial charge in [0.25, 0.3) is 0 Å². The van der Waals surface area contributed by atoms with Gasteiger partial charge in [-0.2, -0.15) is 0 Å². The minimum atomic E-state index is 0.598. The van der Waals surface area contributed by atoms with Gasteiger partial charge in [0.2, 0.25) is 0 Å². The average Bonchev–Trinajstić information content (AvgIpc) is 2.26. The molecule has 0 spiro atoms. The number of allylic oxidation sites excluding steroid dienone is 1. The molecular weight excluding hydrogens is 194 g/mol. The summed E-state index contributed by atoms with van der Waals surface area (Å²) in [6.45, 7) is 10.2. The molecule has 16 heavy (non-hydrogen) atoms. The molecule has 1 N–H and O–H groups in total. The zero-order valence-corrected chi connectivity index (χ0v) is 11.6. The predicted octanol–water partition coefficient (Wildman–Crippen LogP) is 4.15. The molecule has 0 saturated heterocycles. The lowest BCUT2D eigenvalue weighted by Crippen LogP contribution is -2.25. The van der Waals surface area contributed by atoms with Gasteiger partial charge in [0.1, 0.15) is 0 Å². The fraction of sp³-hybridized carbons (Fsp3) is 0.867. The smallest absolute Gasteiger partial charge is 0.0166 e. The van der Waals surface area contributed by atoms with Crippen molar-refractivity contribution in [3.8, 4) is 0 Å². The molecule has 0 unspecified atom stereocenters. The van der Waals surface area contributed by atoms with E-state index in [1.165, 1.54) is 32.1 Å². The standard InChI is InChI=1S/C15H29N/c1-5-14(11-16-12(2)3)10-15-8-6-13(4)7-9-15/h10,12-13,15-16H,5-9,11H2,1-4H3/b14-10+. The summed E-state index contributed by atoms with van der Waals surface area (Å²) >= 11 is 0. The Morgan fingerprint density at radius 3 is 2.38 bits per heavy atom. The van der Waals surface area contributed by atoms with E-state index in [9.17, 15) is 0 Å². The van der Waals surface area contributed by atoms with Crippen LogP contribution in [0.4, 0.5) is 0 Å². The van der Waals surface area contributed by atoms with Crippen LogP contribution in [-0.4, -0.2) is 12.6 Å². The Bertz CT molecular complexity index is 209. The predicted molar refractivity (Wildman–Crippen MR) is 72.6 cm³/mol. The third kappa shape index (κ3) is 5.16. The summed E-state index contributed by atoms with van der Waals surface area (Å²) in [5, 5.41) is 3.53. The summed E-state index contributed by atoms with van der Waals surface area (Å²) in [6.07, 6.45) is 9.43. The number of hydrogen-bond donors (Lipinski definition) is 1. The summed E-state index contributed by atoms with van der Waals surface area (Å²) in [7, 11) is 0. The number of nitrogens with one attached hydrogen (secondary N) is 1. The van der Waals surface area contributed by atoms with E-state index in [1.807, 2.05) is 0 Å². The maximum Gasteiger partial charge on any atom is 0.0166 e. The summed E-state index contributed by atoms with van der Waals surface area (Å²) < 4.78 is 0. The second kappa shape index (κ2) is 7.11. The van der Waals surface area contributed by atoms with E-state index >= 15 is 0 Å². The molecule has 1 saturated carbocycles. The van der Waals surface area contributed by atoms with E-state index in [0.717, 1.165) is 18.4 Å². The molecule has 0 amide bonds. The SMILES string of the molecule is CC/C(=C\C1CCC(C)CC1)CNC(C)C. The molecule has 1 rings (SSSR count). The quantitative estimate of drug-likeness (QED) is 0.691. The van der Waals surface area contributed by atoms with Crippen LogP contribution in [0, 0.1) is 11.8 Å². The van der Waals surface area contributed by atoms with Crippen LogP contribution in [-0.2, 0) is 0 Å². The molecule has 94 valence electrons. The van der Waals surface area contributed by atoms with Crippen molar-refractivity contribution in [1.29, 1.82) is 0 Å². The van der Waals surface area contributed by atoms with Gasteiger partial charge >= 0.3 is 0 Å². The highest BCUT2D eigenvalue weighted by Gasteiger charge is 2.16. The van der Waals surface area contributed by atoms with Crippen LogP contribution in [0.5, 0.6) is 0 Å². The molecule has 0 aliphatic heterocycles. The molecule has 0 aromatic carbocycles. The molecule has 0 radical (unpaired) electrons. The summed E-state index contributed by atoms with van der Waals surface area (Å²) in [5.41, 5.74) is 1.60. The zero-order valence-electron chi connectivity index (χ0n) is 11.6. The molecule has 0 aromatic rings. The van der Waals surface area contributed by atoms with E-state index < -0.39 is 0 Å². The fourth-order valence-electron chi connectivity index (χ4n) is 2.42. The maximum atomic E-state index is 3.53. The minimum absolute atomic E-state index is 0.598. The highest BCUT2D eigenvalue weighted by Crippen LogP contribution is 2.29. The first-order chi connectivity index (χ1) is 7.61. The first kappa shape index (κ1) is 13.8. The van der Waals surface area contributed by atoms with Crippen LogP contribution in [0.3, 0.4) is 0 Å². The lowest BCUT2D eigenvalue weighted by atomic mass is 9.82. The lowest BCUT2D eigenvalue weighted by Gasteiger charge is -2.24. The van der Waals surface area contributed by atoms with Crippen molar-refractivity contribution in [2.24, 2.45) is 11.8 Å². The molecular formula is C15H29N. The molecule has 1 nitrogen and oxygen atoms in total. The molecule has 0 heterocycles. The molecule has 0 aromatic heterocycles. The summed E-state index contributed by atoms with van der Waals surface area (Å²) in [5.74, 6) is 1.82. The Morgan fingerprint density at radius 2 is 1.88 bits per heavy atom. The highest BCUT2D eigenvalue weighted by molar-refractivity contribution is 5.06. The van der Waals surface area contributed by atoms with Gasteiger partial charge in [-0.1, -0.05) is 52.2 Å². The number of hydrogen-bond acceptors (Lipinski definition) is 1. The Morgan fingerprint density at radius 1 is 1.25 bits per heavy atom. The second-order valence-corrected chi connectivity index (χ2v) is 5.73. The van der Waals surface area contributed by atoms with Gasteiger partial charge in [0.15, 0.2) is 0 Å². The average molecular weight is 223 g/mol. The molecule has 1 fully saturated rings. The largest absolute Gasteiger partial charge is 0.311 e. The third-order valence-electron chi connectivity index (χ3n) is 3.72. The van der Waals surface area contributed by atoms with Crippen molar-refractivity contribution in [2.75, 3.05) is 6.54 Å². The summed E-state index contributed by atoms with van der Waals surface area (Å²) in [4.78, 5) is 0. The van der Waals surface area contributed by atoms with Crippen molar-refractivity contribution in [1.82, 2.24) is 5.32 Å². The first-order valence-electron chi connectivity index (χ1n) is 7.04. The van der Waals surface area contributed by atoms with Gasteiger partial charge in [-0.15, -0.1) is 0 Å². The van der Waals surface area contributed by atoms with Gasteiger partial charge in [-0.3, -0.25) is 0 Å². The second-order valence-electron chi connectivity index (χ2n) is 5.73. The van der Waals surface area contributed by atoms with Crippen molar-refractivity contribution in [2.45, 2.75) is 65.8 Å². The van der Waals surface area contributed by atoms with Gasteiger partial charge in [0.05, 0.1) is 0 Å². The fourth-order valence-corrected chi connectivity index (χ4v) is 2.42. The molecule has 0 bridgehead atoms. The van der Waals surface area contributed by atoms with Crippen molar-refractivity contribution in [3.63, 3.8) is 0 Å². The van der Waals surface area contributed by atoms with Gasteiger partial charge in [0, 0.05) is 12.6 Å². The van der Waals surface area contributed by atoms with E-state index in [-0.39, 0.29) is 0 Å². The van der Waals surface area contributed by atoms with Crippen molar-refractivity contribution < 1.29 is 0 Å². The zero-order chi connectivity index (χ0) is 12.0. The normalized spacial score (nSPS) is 27.4. The van der Waals surface area contributed by atoms with Crippen LogP contribution in [0.2, 0.25) is 0 Å².